The van der Waals surface area contributed by atoms with Crippen molar-refractivity contribution < 1.29 is 9.90 Å². The fraction of sp³-hybridized carbons (Fsp3) is 0.0588. The van der Waals surface area contributed by atoms with Crippen LogP contribution < -0.4 is 5.32 Å². The molecule has 2 N–H and O–H groups in total. The zero-order chi connectivity index (χ0) is 16.2. The summed E-state index contributed by atoms with van der Waals surface area (Å²) in [6.45, 7) is 0.299. The van der Waals surface area contributed by atoms with E-state index in [1.807, 2.05) is 24.3 Å². The SMILES string of the molecule is N#Cc1nnc(NCc2ccccc2C(=O)O)c2ccccc12. The number of rotatable bonds is 4. The van der Waals surface area contributed by atoms with Gasteiger partial charge in [-0.05, 0) is 11.6 Å². The van der Waals surface area contributed by atoms with Crippen LogP contribution >= 0.6 is 0 Å². The molecule has 2 aromatic carbocycles. The van der Waals surface area contributed by atoms with E-state index in [1.54, 1.807) is 30.3 Å². The van der Waals surface area contributed by atoms with Crippen molar-refractivity contribution >= 4 is 22.6 Å². The molecule has 6 nitrogen and oxygen atoms in total. The first-order valence-corrected chi connectivity index (χ1v) is 6.91. The molecule has 112 valence electrons. The van der Waals surface area contributed by atoms with Crippen molar-refractivity contribution in [2.45, 2.75) is 6.54 Å². The van der Waals surface area contributed by atoms with E-state index >= 15 is 0 Å². The van der Waals surface area contributed by atoms with Gasteiger partial charge in [-0.2, -0.15) is 5.26 Å². The van der Waals surface area contributed by atoms with Crippen molar-refractivity contribution in [1.82, 2.24) is 10.2 Å². The second-order valence-electron chi connectivity index (χ2n) is 4.87. The summed E-state index contributed by atoms with van der Waals surface area (Å²) in [5.41, 5.74) is 1.15. The Morgan fingerprint density at radius 1 is 1.09 bits per heavy atom. The smallest absolute Gasteiger partial charge is 0.336 e. The van der Waals surface area contributed by atoms with Gasteiger partial charge in [0.2, 0.25) is 0 Å². The van der Waals surface area contributed by atoms with Crippen molar-refractivity contribution in [1.29, 1.82) is 5.26 Å². The number of nitriles is 1. The van der Waals surface area contributed by atoms with Crippen LogP contribution in [0.1, 0.15) is 21.6 Å². The number of aromatic carboxylic acids is 1. The topological polar surface area (TPSA) is 98.9 Å². The molecule has 0 aliphatic rings. The number of benzene rings is 2. The van der Waals surface area contributed by atoms with Crippen LogP contribution in [0.5, 0.6) is 0 Å². The van der Waals surface area contributed by atoms with Crippen molar-refractivity contribution in [3.05, 3.63) is 65.4 Å². The van der Waals surface area contributed by atoms with Gasteiger partial charge in [0, 0.05) is 17.3 Å². The van der Waals surface area contributed by atoms with Crippen LogP contribution in [0.3, 0.4) is 0 Å². The molecule has 6 heteroatoms. The lowest BCUT2D eigenvalue weighted by atomic mass is 10.1. The minimum absolute atomic E-state index is 0.242. The summed E-state index contributed by atoms with van der Waals surface area (Å²) in [4.78, 5) is 11.2. The van der Waals surface area contributed by atoms with Crippen LogP contribution in [0.4, 0.5) is 5.82 Å². The number of aromatic nitrogens is 2. The molecule has 0 saturated carbocycles. The summed E-state index contributed by atoms with van der Waals surface area (Å²) in [6, 6.07) is 16.1. The van der Waals surface area contributed by atoms with E-state index in [0.717, 1.165) is 5.39 Å². The predicted molar refractivity (Wildman–Crippen MR) is 85.0 cm³/mol. The van der Waals surface area contributed by atoms with Crippen LogP contribution in [0.25, 0.3) is 10.8 Å². The molecule has 3 rings (SSSR count). The third kappa shape index (κ3) is 2.80. The molecular formula is C17H12N4O2. The summed E-state index contributed by atoms with van der Waals surface area (Å²) in [5.74, 6) is -0.460. The Bertz CT molecular complexity index is 931. The largest absolute Gasteiger partial charge is 0.478 e. The Hall–Kier alpha value is -3.46. The van der Waals surface area contributed by atoms with E-state index in [4.69, 9.17) is 5.26 Å². The summed E-state index contributed by atoms with van der Waals surface area (Å²) >= 11 is 0. The molecule has 0 aliphatic carbocycles. The van der Waals surface area contributed by atoms with Crippen molar-refractivity contribution in [2.24, 2.45) is 0 Å². The van der Waals surface area contributed by atoms with Gasteiger partial charge < -0.3 is 10.4 Å². The van der Waals surface area contributed by atoms with Crippen LogP contribution in [0, 0.1) is 11.3 Å². The number of carboxylic acid groups (broad SMARTS) is 1. The Balaban J connectivity index is 1.95. The zero-order valence-electron chi connectivity index (χ0n) is 12.0. The fourth-order valence-electron chi connectivity index (χ4n) is 2.38. The van der Waals surface area contributed by atoms with Crippen LogP contribution in [-0.4, -0.2) is 21.3 Å². The molecule has 0 saturated heterocycles. The van der Waals surface area contributed by atoms with Gasteiger partial charge in [-0.15, -0.1) is 10.2 Å². The number of hydrogen-bond donors (Lipinski definition) is 2. The van der Waals surface area contributed by atoms with Crippen LogP contribution in [0.15, 0.2) is 48.5 Å². The molecule has 23 heavy (non-hydrogen) atoms. The highest BCUT2D eigenvalue weighted by Crippen LogP contribution is 2.23. The number of nitrogens with zero attached hydrogens (tertiary/aromatic N) is 3. The van der Waals surface area contributed by atoms with Gasteiger partial charge in [-0.3, -0.25) is 0 Å². The number of carboxylic acids is 1. The average Bonchev–Trinajstić information content (AvgIpc) is 2.59. The highest BCUT2D eigenvalue weighted by atomic mass is 16.4. The van der Waals surface area contributed by atoms with Crippen molar-refractivity contribution in [2.75, 3.05) is 5.32 Å². The Morgan fingerprint density at radius 3 is 2.52 bits per heavy atom. The fourth-order valence-corrected chi connectivity index (χ4v) is 2.38. The van der Waals surface area contributed by atoms with Crippen LogP contribution in [0.2, 0.25) is 0 Å². The first-order valence-electron chi connectivity index (χ1n) is 6.91. The molecule has 0 unspecified atom stereocenters. The molecule has 0 spiro atoms. The Morgan fingerprint density at radius 2 is 1.78 bits per heavy atom. The normalized spacial score (nSPS) is 10.2. The third-order valence-corrected chi connectivity index (χ3v) is 3.49. The lowest BCUT2D eigenvalue weighted by Crippen LogP contribution is -2.09. The van der Waals surface area contributed by atoms with Gasteiger partial charge >= 0.3 is 5.97 Å². The molecule has 0 radical (unpaired) electrons. The lowest BCUT2D eigenvalue weighted by Gasteiger charge is -2.10. The maximum absolute atomic E-state index is 11.2. The molecule has 3 aromatic rings. The number of hydrogen-bond acceptors (Lipinski definition) is 5. The zero-order valence-corrected chi connectivity index (χ0v) is 12.0. The molecule has 1 heterocycles. The second kappa shape index (κ2) is 6.12. The van der Waals surface area contributed by atoms with Crippen molar-refractivity contribution in [3.8, 4) is 6.07 Å². The predicted octanol–water partition coefficient (Wildman–Crippen LogP) is 2.81. The molecular weight excluding hydrogens is 292 g/mol. The maximum atomic E-state index is 11.2. The van der Waals surface area contributed by atoms with Crippen molar-refractivity contribution in [3.63, 3.8) is 0 Å². The quantitative estimate of drug-likeness (QED) is 0.769. The first-order chi connectivity index (χ1) is 11.2. The molecule has 0 fully saturated rings. The molecule has 0 atom stereocenters. The molecule has 0 aliphatic heterocycles. The maximum Gasteiger partial charge on any atom is 0.336 e. The minimum Gasteiger partial charge on any atom is -0.478 e. The van der Waals surface area contributed by atoms with Gasteiger partial charge in [0.15, 0.2) is 11.5 Å². The molecule has 0 bridgehead atoms. The number of anilines is 1. The molecule has 0 amide bonds. The molecule has 1 aromatic heterocycles. The van der Waals surface area contributed by atoms with E-state index in [0.29, 0.717) is 23.3 Å². The van der Waals surface area contributed by atoms with E-state index < -0.39 is 5.97 Å². The minimum atomic E-state index is -0.974. The Kier molecular flexibility index (Phi) is 3.85. The average molecular weight is 304 g/mol. The van der Waals surface area contributed by atoms with Gasteiger partial charge in [0.05, 0.1) is 5.56 Å². The summed E-state index contributed by atoms with van der Waals surface area (Å²) in [6.07, 6.45) is 0. The monoisotopic (exact) mass is 304 g/mol. The highest BCUT2D eigenvalue weighted by molar-refractivity contribution is 5.94. The Labute approximate surface area is 132 Å². The number of nitrogens with one attached hydrogen (secondary N) is 1. The lowest BCUT2D eigenvalue weighted by molar-refractivity contribution is 0.0696. The summed E-state index contributed by atoms with van der Waals surface area (Å²) < 4.78 is 0. The van der Waals surface area contributed by atoms with E-state index in [-0.39, 0.29) is 11.3 Å². The highest BCUT2D eigenvalue weighted by Gasteiger charge is 2.11. The first kappa shape index (κ1) is 14.5. The summed E-state index contributed by atoms with van der Waals surface area (Å²) in [5, 5.41) is 30.8. The standard InChI is InChI=1S/C17H12N4O2/c18-9-15-13-7-3-4-8-14(13)16(21-20-15)19-10-11-5-1-2-6-12(11)17(22)23/h1-8H,10H2,(H,19,21)(H,22,23). The van der Waals surface area contributed by atoms with Gasteiger partial charge in [-0.1, -0.05) is 42.5 Å². The summed E-state index contributed by atoms with van der Waals surface area (Å²) in [7, 11) is 0. The van der Waals surface area contributed by atoms with E-state index in [2.05, 4.69) is 15.5 Å². The second-order valence-corrected chi connectivity index (χ2v) is 4.87. The number of fused-ring (bicyclic) bond motifs is 1. The third-order valence-electron chi connectivity index (χ3n) is 3.49. The van der Waals surface area contributed by atoms with E-state index in [1.165, 1.54) is 0 Å². The van der Waals surface area contributed by atoms with Gasteiger partial charge in [0.1, 0.15) is 6.07 Å². The van der Waals surface area contributed by atoms with Crippen LogP contribution in [-0.2, 0) is 6.54 Å². The van der Waals surface area contributed by atoms with Gasteiger partial charge in [-0.25, -0.2) is 4.79 Å². The van der Waals surface area contributed by atoms with E-state index in [9.17, 15) is 9.90 Å². The number of carbonyl (C=O) groups is 1. The van der Waals surface area contributed by atoms with Gasteiger partial charge in [0.25, 0.3) is 0 Å².